The smallest absolute Gasteiger partial charge is 0.339 e. The molecule has 0 unspecified atom stereocenters. The second-order valence-corrected chi connectivity index (χ2v) is 5.51. The van der Waals surface area contributed by atoms with Gasteiger partial charge in [0.2, 0.25) is 5.91 Å². The zero-order valence-electron chi connectivity index (χ0n) is 11.9. The van der Waals surface area contributed by atoms with Gasteiger partial charge in [-0.3, -0.25) is 4.79 Å². The van der Waals surface area contributed by atoms with Gasteiger partial charge in [0.05, 0.1) is 29.1 Å². The number of aromatic nitrogens is 1. The van der Waals surface area contributed by atoms with Crippen molar-refractivity contribution in [2.75, 3.05) is 12.4 Å². The van der Waals surface area contributed by atoms with Crippen molar-refractivity contribution in [1.82, 2.24) is 4.98 Å². The molecule has 2 rings (SSSR count). The number of carbonyl (C=O) groups is 2. The van der Waals surface area contributed by atoms with Crippen molar-refractivity contribution in [3.8, 4) is 0 Å². The molecule has 0 saturated carbocycles. The third-order valence-electron chi connectivity index (χ3n) is 2.88. The number of benzene rings is 1. The Labute approximate surface area is 127 Å². The standard InChI is InChI=1S/C15H16N2O3S/c1-10-16-11(9-21-10)7-8-14(18)17-13-6-4-3-5-12(13)15(19)20-2/h3-6,9H,7-8H2,1-2H3,(H,17,18). The van der Waals surface area contributed by atoms with Crippen LogP contribution in [0.1, 0.15) is 27.5 Å². The van der Waals surface area contributed by atoms with Gasteiger partial charge in [0.1, 0.15) is 0 Å². The van der Waals surface area contributed by atoms with E-state index >= 15 is 0 Å². The number of ether oxygens (including phenoxy) is 1. The number of rotatable bonds is 5. The summed E-state index contributed by atoms with van der Waals surface area (Å²) < 4.78 is 4.69. The summed E-state index contributed by atoms with van der Waals surface area (Å²) in [5, 5.41) is 5.68. The molecule has 1 N–H and O–H groups in total. The molecule has 1 heterocycles. The monoisotopic (exact) mass is 304 g/mol. The van der Waals surface area contributed by atoms with Gasteiger partial charge in [0.25, 0.3) is 0 Å². The molecule has 0 saturated heterocycles. The summed E-state index contributed by atoms with van der Waals surface area (Å²) in [6.07, 6.45) is 0.898. The van der Waals surface area contributed by atoms with E-state index in [1.54, 1.807) is 35.6 Å². The van der Waals surface area contributed by atoms with Crippen LogP contribution in [-0.4, -0.2) is 24.0 Å². The molecule has 0 fully saturated rings. The van der Waals surface area contributed by atoms with Gasteiger partial charge in [0, 0.05) is 11.8 Å². The lowest BCUT2D eigenvalue weighted by atomic mass is 10.1. The molecular weight excluding hydrogens is 288 g/mol. The highest BCUT2D eigenvalue weighted by atomic mass is 32.1. The van der Waals surface area contributed by atoms with Crippen molar-refractivity contribution >= 4 is 28.9 Å². The Hall–Kier alpha value is -2.21. The van der Waals surface area contributed by atoms with Crippen LogP contribution in [0.2, 0.25) is 0 Å². The average molecular weight is 304 g/mol. The van der Waals surface area contributed by atoms with Crippen molar-refractivity contribution in [1.29, 1.82) is 0 Å². The molecule has 21 heavy (non-hydrogen) atoms. The molecule has 0 bridgehead atoms. The zero-order valence-corrected chi connectivity index (χ0v) is 12.7. The van der Waals surface area contributed by atoms with E-state index in [1.165, 1.54) is 7.11 Å². The Bertz CT molecular complexity index is 652. The van der Waals surface area contributed by atoms with E-state index in [1.807, 2.05) is 12.3 Å². The molecule has 110 valence electrons. The molecule has 0 atom stereocenters. The van der Waals surface area contributed by atoms with Crippen molar-refractivity contribution in [2.24, 2.45) is 0 Å². The van der Waals surface area contributed by atoms with E-state index in [0.29, 0.717) is 24.1 Å². The lowest BCUT2D eigenvalue weighted by molar-refractivity contribution is -0.116. The first kappa shape index (κ1) is 15.2. The third-order valence-corrected chi connectivity index (χ3v) is 3.70. The number of nitrogens with zero attached hydrogens (tertiary/aromatic N) is 1. The molecule has 0 radical (unpaired) electrons. The summed E-state index contributed by atoms with van der Waals surface area (Å²) >= 11 is 1.57. The quantitative estimate of drug-likeness (QED) is 0.862. The number of aryl methyl sites for hydroxylation is 2. The molecule has 0 aliphatic heterocycles. The number of para-hydroxylation sites is 1. The summed E-state index contributed by atoms with van der Waals surface area (Å²) in [5.74, 6) is -0.627. The molecule has 1 aromatic carbocycles. The van der Waals surface area contributed by atoms with Gasteiger partial charge in [-0.2, -0.15) is 0 Å². The Morgan fingerprint density at radius 3 is 2.76 bits per heavy atom. The van der Waals surface area contributed by atoms with Crippen LogP contribution in [0.3, 0.4) is 0 Å². The van der Waals surface area contributed by atoms with Crippen LogP contribution in [0.5, 0.6) is 0 Å². The maximum atomic E-state index is 12.0. The van der Waals surface area contributed by atoms with E-state index in [9.17, 15) is 9.59 Å². The van der Waals surface area contributed by atoms with E-state index < -0.39 is 5.97 Å². The highest BCUT2D eigenvalue weighted by Gasteiger charge is 2.13. The van der Waals surface area contributed by atoms with Crippen molar-refractivity contribution < 1.29 is 14.3 Å². The third kappa shape index (κ3) is 4.13. The van der Waals surface area contributed by atoms with Crippen LogP contribution in [0, 0.1) is 6.92 Å². The van der Waals surface area contributed by atoms with Gasteiger partial charge in [-0.05, 0) is 25.5 Å². The fraction of sp³-hybridized carbons (Fsp3) is 0.267. The first-order chi connectivity index (χ1) is 10.1. The molecule has 2 aromatic rings. The van der Waals surface area contributed by atoms with Crippen molar-refractivity contribution in [2.45, 2.75) is 19.8 Å². The minimum Gasteiger partial charge on any atom is -0.465 e. The highest BCUT2D eigenvalue weighted by Crippen LogP contribution is 2.17. The number of hydrogen-bond donors (Lipinski definition) is 1. The molecule has 1 aromatic heterocycles. The number of anilines is 1. The van der Waals surface area contributed by atoms with Gasteiger partial charge in [-0.15, -0.1) is 11.3 Å². The number of thiazole rings is 1. The second kappa shape index (κ2) is 6.99. The second-order valence-electron chi connectivity index (χ2n) is 4.44. The lowest BCUT2D eigenvalue weighted by Crippen LogP contribution is -2.15. The molecule has 5 nitrogen and oxygen atoms in total. The molecule has 1 amide bonds. The number of amides is 1. The molecule has 0 aliphatic rings. The first-order valence-corrected chi connectivity index (χ1v) is 7.36. The van der Waals surface area contributed by atoms with Crippen molar-refractivity contribution in [3.05, 3.63) is 45.9 Å². The minimum atomic E-state index is -0.471. The summed E-state index contributed by atoms with van der Waals surface area (Å²) in [6.45, 7) is 1.93. The fourth-order valence-electron chi connectivity index (χ4n) is 1.86. The molecular formula is C15H16N2O3S. The Balaban J connectivity index is 1.98. The fourth-order valence-corrected chi connectivity index (χ4v) is 2.50. The maximum Gasteiger partial charge on any atom is 0.339 e. The maximum absolute atomic E-state index is 12.0. The van der Waals surface area contributed by atoms with E-state index in [-0.39, 0.29) is 5.91 Å². The lowest BCUT2D eigenvalue weighted by Gasteiger charge is -2.09. The van der Waals surface area contributed by atoms with Crippen LogP contribution < -0.4 is 5.32 Å². The summed E-state index contributed by atoms with van der Waals surface area (Å²) in [7, 11) is 1.31. The van der Waals surface area contributed by atoms with E-state index in [2.05, 4.69) is 10.3 Å². The van der Waals surface area contributed by atoms with Gasteiger partial charge < -0.3 is 10.1 Å². The SMILES string of the molecule is COC(=O)c1ccccc1NC(=O)CCc1csc(C)n1. The summed E-state index contributed by atoms with van der Waals surface area (Å²) in [5.41, 5.74) is 1.72. The van der Waals surface area contributed by atoms with E-state index in [0.717, 1.165) is 10.7 Å². The van der Waals surface area contributed by atoms with Crippen LogP contribution in [0.25, 0.3) is 0 Å². The molecule has 0 aliphatic carbocycles. The number of nitrogens with one attached hydrogen (secondary N) is 1. The van der Waals surface area contributed by atoms with Gasteiger partial charge in [-0.1, -0.05) is 12.1 Å². The Morgan fingerprint density at radius 1 is 1.33 bits per heavy atom. The van der Waals surface area contributed by atoms with Crippen molar-refractivity contribution in [3.63, 3.8) is 0 Å². The number of carbonyl (C=O) groups excluding carboxylic acids is 2. The number of methoxy groups -OCH3 is 1. The van der Waals surface area contributed by atoms with Crippen LogP contribution in [-0.2, 0) is 16.0 Å². The summed E-state index contributed by atoms with van der Waals surface area (Å²) in [6, 6.07) is 6.77. The van der Waals surface area contributed by atoms with Crippen LogP contribution in [0.4, 0.5) is 5.69 Å². The van der Waals surface area contributed by atoms with Gasteiger partial charge in [0.15, 0.2) is 0 Å². The number of hydrogen-bond acceptors (Lipinski definition) is 5. The molecule has 0 spiro atoms. The topological polar surface area (TPSA) is 68.3 Å². The number of esters is 1. The predicted molar refractivity (Wildman–Crippen MR) is 81.6 cm³/mol. The minimum absolute atomic E-state index is 0.156. The largest absolute Gasteiger partial charge is 0.465 e. The Kier molecular flexibility index (Phi) is 5.05. The van der Waals surface area contributed by atoms with Crippen LogP contribution in [0.15, 0.2) is 29.6 Å². The van der Waals surface area contributed by atoms with E-state index in [4.69, 9.17) is 4.74 Å². The zero-order chi connectivity index (χ0) is 15.2. The van der Waals surface area contributed by atoms with Gasteiger partial charge >= 0.3 is 5.97 Å². The predicted octanol–water partition coefficient (Wildman–Crippen LogP) is 2.81. The molecule has 6 heteroatoms. The summed E-state index contributed by atoms with van der Waals surface area (Å²) in [4.78, 5) is 27.9. The first-order valence-electron chi connectivity index (χ1n) is 6.48. The Morgan fingerprint density at radius 2 is 2.10 bits per heavy atom. The van der Waals surface area contributed by atoms with Gasteiger partial charge in [-0.25, -0.2) is 9.78 Å². The van der Waals surface area contributed by atoms with Crippen LogP contribution >= 0.6 is 11.3 Å². The highest BCUT2D eigenvalue weighted by molar-refractivity contribution is 7.09. The normalized spacial score (nSPS) is 10.2. The average Bonchev–Trinajstić information content (AvgIpc) is 2.90.